The minimum absolute atomic E-state index is 0.301. The van der Waals surface area contributed by atoms with E-state index >= 15 is 0 Å². The lowest BCUT2D eigenvalue weighted by atomic mass is 10.0. The van der Waals surface area contributed by atoms with Gasteiger partial charge in [-0.1, -0.05) is 31.9 Å². The van der Waals surface area contributed by atoms with Crippen LogP contribution in [0.25, 0.3) is 0 Å². The molecule has 0 spiro atoms. The molecular weight excluding hydrogens is 174 g/mol. The van der Waals surface area contributed by atoms with Crippen molar-refractivity contribution in [3.8, 4) is 0 Å². The molecule has 0 rings (SSSR count). The molecule has 0 aromatic rings. The molecule has 2 nitrogen and oxygen atoms in total. The van der Waals surface area contributed by atoms with Crippen molar-refractivity contribution in [2.45, 2.75) is 52.7 Å². The maximum atomic E-state index is 5.50. The zero-order valence-electron chi connectivity index (χ0n) is 10.3. The van der Waals surface area contributed by atoms with Crippen LogP contribution in [0.5, 0.6) is 0 Å². The Morgan fingerprint density at radius 3 is 2.36 bits per heavy atom. The maximum Gasteiger partial charge on any atom is 0.0760 e. The van der Waals surface area contributed by atoms with Gasteiger partial charge in [-0.05, 0) is 26.8 Å². The van der Waals surface area contributed by atoms with Gasteiger partial charge in [0.05, 0.1) is 12.1 Å². The van der Waals surface area contributed by atoms with Crippen molar-refractivity contribution in [1.82, 2.24) is 5.32 Å². The normalized spacial score (nSPS) is 14.9. The van der Waals surface area contributed by atoms with Crippen LogP contribution in [0.2, 0.25) is 0 Å². The molecule has 84 valence electrons. The molecule has 2 unspecified atom stereocenters. The largest absolute Gasteiger partial charge is 0.380 e. The van der Waals surface area contributed by atoms with Crippen LogP contribution in [0, 0.1) is 0 Å². The van der Waals surface area contributed by atoms with Gasteiger partial charge in [0, 0.05) is 7.11 Å². The predicted octanol–water partition coefficient (Wildman–Crippen LogP) is 2.75. The van der Waals surface area contributed by atoms with Crippen LogP contribution in [0.1, 0.15) is 40.5 Å². The highest BCUT2D eigenvalue weighted by Crippen LogP contribution is 2.09. The topological polar surface area (TPSA) is 21.3 Å². The first-order valence-corrected chi connectivity index (χ1v) is 5.56. The summed E-state index contributed by atoms with van der Waals surface area (Å²) in [4.78, 5) is 0. The van der Waals surface area contributed by atoms with Gasteiger partial charge in [-0.2, -0.15) is 0 Å². The molecule has 0 fully saturated rings. The third-order valence-corrected chi connectivity index (χ3v) is 2.23. The second-order valence-electron chi connectivity index (χ2n) is 3.89. The number of ether oxygens (including phenoxy) is 1. The fourth-order valence-corrected chi connectivity index (χ4v) is 1.62. The Balaban J connectivity index is 4.34. The summed E-state index contributed by atoms with van der Waals surface area (Å²) in [6.45, 7) is 9.56. The monoisotopic (exact) mass is 199 g/mol. The number of nitrogens with one attached hydrogen (secondary N) is 1. The van der Waals surface area contributed by atoms with Crippen LogP contribution >= 0.6 is 0 Å². The van der Waals surface area contributed by atoms with E-state index in [1.54, 1.807) is 7.11 Å². The van der Waals surface area contributed by atoms with Gasteiger partial charge in [-0.25, -0.2) is 0 Å². The Morgan fingerprint density at radius 1 is 1.36 bits per heavy atom. The summed E-state index contributed by atoms with van der Waals surface area (Å²) in [6, 6.07) is 0.356. The molecular formula is C12H25NO. The highest BCUT2D eigenvalue weighted by molar-refractivity contribution is 5.03. The van der Waals surface area contributed by atoms with Gasteiger partial charge in [-0.3, -0.25) is 0 Å². The van der Waals surface area contributed by atoms with Crippen molar-refractivity contribution in [2.24, 2.45) is 0 Å². The SMILES string of the molecule is CCCC(OC)C(C=C(C)C)NCC. The summed E-state index contributed by atoms with van der Waals surface area (Å²) in [7, 11) is 1.80. The Kier molecular flexibility index (Phi) is 7.81. The first-order valence-electron chi connectivity index (χ1n) is 5.56. The first-order chi connectivity index (χ1) is 6.65. The number of allylic oxidation sites excluding steroid dienone is 1. The second-order valence-corrected chi connectivity index (χ2v) is 3.89. The molecule has 0 heterocycles. The molecule has 0 amide bonds. The van der Waals surface area contributed by atoms with Crippen LogP contribution in [-0.4, -0.2) is 25.8 Å². The standard InChI is InChI=1S/C12H25NO/c1-6-8-12(14-5)11(13-7-2)9-10(3)4/h9,11-13H,6-8H2,1-5H3. The number of hydrogen-bond donors (Lipinski definition) is 1. The zero-order chi connectivity index (χ0) is 11.0. The van der Waals surface area contributed by atoms with Crippen LogP contribution in [0.4, 0.5) is 0 Å². The molecule has 0 aromatic carbocycles. The summed E-state index contributed by atoms with van der Waals surface area (Å²) in [6.07, 6.45) is 4.83. The summed E-state index contributed by atoms with van der Waals surface area (Å²) >= 11 is 0. The van der Waals surface area contributed by atoms with Gasteiger partial charge >= 0.3 is 0 Å². The van der Waals surface area contributed by atoms with Gasteiger partial charge in [0.15, 0.2) is 0 Å². The van der Waals surface area contributed by atoms with Crippen LogP contribution in [-0.2, 0) is 4.74 Å². The highest BCUT2D eigenvalue weighted by atomic mass is 16.5. The van der Waals surface area contributed by atoms with Crippen molar-refractivity contribution in [3.05, 3.63) is 11.6 Å². The quantitative estimate of drug-likeness (QED) is 0.637. The average Bonchev–Trinajstić information content (AvgIpc) is 2.13. The Hall–Kier alpha value is -0.340. The third kappa shape index (κ3) is 5.40. The molecule has 0 aliphatic heterocycles. The minimum atomic E-state index is 0.301. The number of likely N-dealkylation sites (N-methyl/N-ethyl adjacent to an activating group) is 1. The van der Waals surface area contributed by atoms with Gasteiger partial charge < -0.3 is 10.1 Å². The van der Waals surface area contributed by atoms with Gasteiger partial charge in [0.2, 0.25) is 0 Å². The summed E-state index contributed by atoms with van der Waals surface area (Å²) < 4.78 is 5.50. The van der Waals surface area contributed by atoms with Crippen LogP contribution in [0.3, 0.4) is 0 Å². The van der Waals surface area contributed by atoms with E-state index in [2.05, 4.69) is 39.1 Å². The van der Waals surface area contributed by atoms with Gasteiger partial charge in [0.25, 0.3) is 0 Å². The molecule has 2 atom stereocenters. The fraction of sp³-hybridized carbons (Fsp3) is 0.833. The first kappa shape index (κ1) is 13.7. The molecule has 0 saturated carbocycles. The Labute approximate surface area is 88.7 Å². The van der Waals surface area contributed by atoms with Gasteiger partial charge in [0.1, 0.15) is 0 Å². The van der Waals surface area contributed by atoms with E-state index in [0.717, 1.165) is 19.4 Å². The van der Waals surface area contributed by atoms with E-state index in [1.807, 2.05) is 0 Å². The zero-order valence-corrected chi connectivity index (χ0v) is 10.3. The van der Waals surface area contributed by atoms with E-state index in [0.29, 0.717) is 12.1 Å². The lowest BCUT2D eigenvalue weighted by molar-refractivity contribution is 0.0746. The number of methoxy groups -OCH3 is 1. The predicted molar refractivity (Wildman–Crippen MR) is 62.6 cm³/mol. The molecule has 0 saturated heterocycles. The van der Waals surface area contributed by atoms with E-state index in [9.17, 15) is 0 Å². The van der Waals surface area contributed by atoms with Crippen molar-refractivity contribution in [1.29, 1.82) is 0 Å². The van der Waals surface area contributed by atoms with E-state index in [4.69, 9.17) is 4.74 Å². The number of rotatable bonds is 7. The second kappa shape index (κ2) is 8.01. The molecule has 0 aromatic heterocycles. The van der Waals surface area contributed by atoms with Crippen LogP contribution in [0.15, 0.2) is 11.6 Å². The molecule has 1 N–H and O–H groups in total. The van der Waals surface area contributed by atoms with Crippen LogP contribution < -0.4 is 5.32 Å². The summed E-state index contributed by atoms with van der Waals surface area (Å²) in [5, 5.41) is 3.45. The number of hydrogen-bond acceptors (Lipinski definition) is 2. The maximum absolute atomic E-state index is 5.50. The smallest absolute Gasteiger partial charge is 0.0760 e. The summed E-state index contributed by atoms with van der Waals surface area (Å²) in [5.41, 5.74) is 1.34. The van der Waals surface area contributed by atoms with E-state index < -0.39 is 0 Å². The average molecular weight is 199 g/mol. The Bertz CT molecular complexity index is 162. The minimum Gasteiger partial charge on any atom is -0.380 e. The molecule has 0 radical (unpaired) electrons. The Morgan fingerprint density at radius 2 is 2.00 bits per heavy atom. The molecule has 0 aliphatic carbocycles. The molecule has 2 heteroatoms. The molecule has 0 bridgehead atoms. The lowest BCUT2D eigenvalue weighted by Gasteiger charge is -2.24. The van der Waals surface area contributed by atoms with Crippen molar-refractivity contribution in [2.75, 3.05) is 13.7 Å². The van der Waals surface area contributed by atoms with E-state index in [1.165, 1.54) is 5.57 Å². The van der Waals surface area contributed by atoms with E-state index in [-0.39, 0.29) is 0 Å². The molecule has 14 heavy (non-hydrogen) atoms. The molecule has 0 aliphatic rings. The fourth-order valence-electron chi connectivity index (χ4n) is 1.62. The highest BCUT2D eigenvalue weighted by Gasteiger charge is 2.16. The van der Waals surface area contributed by atoms with Crippen molar-refractivity contribution >= 4 is 0 Å². The lowest BCUT2D eigenvalue weighted by Crippen LogP contribution is -2.39. The van der Waals surface area contributed by atoms with Gasteiger partial charge in [-0.15, -0.1) is 0 Å². The van der Waals surface area contributed by atoms with Crippen molar-refractivity contribution < 1.29 is 4.74 Å². The summed E-state index contributed by atoms with van der Waals surface area (Å²) in [5.74, 6) is 0. The van der Waals surface area contributed by atoms with Crippen molar-refractivity contribution in [3.63, 3.8) is 0 Å². The third-order valence-electron chi connectivity index (χ3n) is 2.23.